The SMILES string of the molecule is CC1(C2CCCCCC2)CCCCC1NC(=O)Nc1ccc(N2CCCC2)cc1. The van der Waals surface area contributed by atoms with Crippen molar-refractivity contribution in [2.24, 2.45) is 11.3 Å². The van der Waals surface area contributed by atoms with Gasteiger partial charge < -0.3 is 15.5 Å². The van der Waals surface area contributed by atoms with Gasteiger partial charge in [0, 0.05) is 30.5 Å². The number of hydrogen-bond acceptors (Lipinski definition) is 2. The lowest BCUT2D eigenvalue weighted by Gasteiger charge is -2.47. The number of hydrogen-bond donors (Lipinski definition) is 2. The number of nitrogens with zero attached hydrogens (tertiary/aromatic N) is 1. The van der Waals surface area contributed by atoms with E-state index in [1.165, 1.54) is 76.3 Å². The van der Waals surface area contributed by atoms with Gasteiger partial charge in [-0.2, -0.15) is 0 Å². The average molecular weight is 398 g/mol. The third kappa shape index (κ3) is 4.90. The first-order valence-corrected chi connectivity index (χ1v) is 12.1. The number of nitrogens with one attached hydrogen (secondary N) is 2. The van der Waals surface area contributed by atoms with Crippen LogP contribution < -0.4 is 15.5 Å². The molecule has 3 fully saturated rings. The van der Waals surface area contributed by atoms with Crippen LogP contribution >= 0.6 is 0 Å². The molecule has 0 spiro atoms. The van der Waals surface area contributed by atoms with Crippen LogP contribution in [-0.2, 0) is 0 Å². The molecule has 2 N–H and O–H groups in total. The van der Waals surface area contributed by atoms with Gasteiger partial charge in [0.2, 0.25) is 0 Å². The van der Waals surface area contributed by atoms with Gasteiger partial charge in [0.25, 0.3) is 0 Å². The zero-order valence-corrected chi connectivity index (χ0v) is 18.2. The molecule has 0 bridgehead atoms. The number of benzene rings is 1. The van der Waals surface area contributed by atoms with E-state index in [-0.39, 0.29) is 11.4 Å². The Morgan fingerprint density at radius 1 is 0.897 bits per heavy atom. The van der Waals surface area contributed by atoms with Gasteiger partial charge in [0.05, 0.1) is 0 Å². The minimum atomic E-state index is -0.0364. The molecule has 2 atom stereocenters. The molecule has 1 aromatic rings. The highest BCUT2D eigenvalue weighted by molar-refractivity contribution is 5.89. The molecule has 1 heterocycles. The maximum Gasteiger partial charge on any atom is 0.319 e. The third-order valence-electron chi connectivity index (χ3n) is 7.94. The minimum Gasteiger partial charge on any atom is -0.372 e. The number of anilines is 2. The van der Waals surface area contributed by atoms with Gasteiger partial charge in [-0.05, 0) is 74.1 Å². The van der Waals surface area contributed by atoms with Crippen LogP contribution in [0.3, 0.4) is 0 Å². The Balaban J connectivity index is 1.36. The molecule has 1 aromatic carbocycles. The van der Waals surface area contributed by atoms with E-state index in [2.05, 4.69) is 34.6 Å². The van der Waals surface area contributed by atoms with Crippen LogP contribution in [-0.4, -0.2) is 25.2 Å². The van der Waals surface area contributed by atoms with Crippen LogP contribution in [0, 0.1) is 11.3 Å². The highest BCUT2D eigenvalue weighted by Gasteiger charge is 2.43. The van der Waals surface area contributed by atoms with E-state index in [4.69, 9.17) is 0 Å². The summed E-state index contributed by atoms with van der Waals surface area (Å²) < 4.78 is 0. The second kappa shape index (κ2) is 9.40. The molecule has 3 aliphatic rings. The molecule has 29 heavy (non-hydrogen) atoms. The third-order valence-corrected chi connectivity index (χ3v) is 7.94. The summed E-state index contributed by atoms with van der Waals surface area (Å²) in [5.74, 6) is 0.760. The predicted octanol–water partition coefficient (Wildman–Crippen LogP) is 6.33. The van der Waals surface area contributed by atoms with Crippen LogP contribution in [0.4, 0.5) is 16.2 Å². The summed E-state index contributed by atoms with van der Waals surface area (Å²) >= 11 is 0. The highest BCUT2D eigenvalue weighted by atomic mass is 16.2. The Morgan fingerprint density at radius 3 is 2.24 bits per heavy atom. The van der Waals surface area contributed by atoms with E-state index >= 15 is 0 Å². The van der Waals surface area contributed by atoms with Crippen molar-refractivity contribution >= 4 is 17.4 Å². The monoisotopic (exact) mass is 397 g/mol. The van der Waals surface area contributed by atoms with Gasteiger partial charge >= 0.3 is 6.03 Å². The molecule has 2 saturated carbocycles. The predicted molar refractivity (Wildman–Crippen MR) is 122 cm³/mol. The molecule has 4 nitrogen and oxygen atoms in total. The van der Waals surface area contributed by atoms with Gasteiger partial charge in [-0.3, -0.25) is 0 Å². The van der Waals surface area contributed by atoms with E-state index in [0.717, 1.165) is 31.1 Å². The number of carbonyl (C=O) groups is 1. The Morgan fingerprint density at radius 2 is 1.55 bits per heavy atom. The van der Waals surface area contributed by atoms with Crippen LogP contribution in [0.15, 0.2) is 24.3 Å². The molecule has 4 heteroatoms. The fourth-order valence-electron chi connectivity index (χ4n) is 6.08. The van der Waals surface area contributed by atoms with Crippen LogP contribution in [0.5, 0.6) is 0 Å². The van der Waals surface area contributed by atoms with Crippen molar-refractivity contribution in [3.63, 3.8) is 0 Å². The minimum absolute atomic E-state index is 0.0364. The molecular formula is C25H39N3O. The van der Waals surface area contributed by atoms with E-state index in [1.54, 1.807) is 0 Å². The first kappa shape index (κ1) is 20.6. The summed E-state index contributed by atoms with van der Waals surface area (Å²) in [5.41, 5.74) is 2.40. The maximum atomic E-state index is 12.8. The molecule has 2 unspecified atom stereocenters. The number of carbonyl (C=O) groups excluding carboxylic acids is 1. The summed E-state index contributed by atoms with van der Waals surface area (Å²) in [6.07, 6.45) is 15.7. The van der Waals surface area contributed by atoms with E-state index in [1.807, 2.05) is 12.1 Å². The Labute approximate surface area is 176 Å². The lowest BCUT2D eigenvalue weighted by molar-refractivity contribution is 0.0658. The quantitative estimate of drug-likeness (QED) is 0.583. The van der Waals surface area contributed by atoms with Gasteiger partial charge in [0.1, 0.15) is 0 Å². The standard InChI is InChI=1S/C25H39N3O/c1-25(20-10-4-2-3-5-11-20)17-7-6-12-23(25)27-24(29)26-21-13-15-22(16-14-21)28-18-8-9-19-28/h13-16,20,23H,2-12,17-19H2,1H3,(H2,26,27,29). The fourth-order valence-corrected chi connectivity index (χ4v) is 6.08. The van der Waals surface area contributed by atoms with Crippen molar-refractivity contribution in [1.29, 1.82) is 0 Å². The van der Waals surface area contributed by atoms with Crippen LogP contribution in [0.1, 0.15) is 84.0 Å². The van der Waals surface area contributed by atoms with Crippen LogP contribution in [0.2, 0.25) is 0 Å². The Bertz CT molecular complexity index is 659. The normalized spacial score (nSPS) is 28.7. The molecule has 160 valence electrons. The number of rotatable bonds is 4. The molecule has 4 rings (SSSR count). The molecule has 2 amide bonds. The maximum absolute atomic E-state index is 12.8. The second-order valence-corrected chi connectivity index (χ2v) is 9.83. The smallest absolute Gasteiger partial charge is 0.319 e. The van der Waals surface area contributed by atoms with Crippen LogP contribution in [0.25, 0.3) is 0 Å². The summed E-state index contributed by atoms with van der Waals surface area (Å²) in [7, 11) is 0. The van der Waals surface area contributed by atoms with Crippen molar-refractivity contribution in [3.05, 3.63) is 24.3 Å². The van der Waals surface area contributed by atoms with Crippen molar-refractivity contribution in [2.75, 3.05) is 23.3 Å². The number of urea groups is 1. The lowest BCUT2D eigenvalue weighted by Crippen LogP contribution is -2.52. The molecule has 1 aliphatic heterocycles. The van der Waals surface area contributed by atoms with Crippen molar-refractivity contribution in [2.45, 2.75) is 90.0 Å². The largest absolute Gasteiger partial charge is 0.372 e. The molecule has 1 saturated heterocycles. The van der Waals surface area contributed by atoms with Gasteiger partial charge in [0.15, 0.2) is 0 Å². The molecule has 0 radical (unpaired) electrons. The lowest BCUT2D eigenvalue weighted by atomic mass is 9.62. The zero-order valence-electron chi connectivity index (χ0n) is 18.2. The second-order valence-electron chi connectivity index (χ2n) is 9.83. The van der Waals surface area contributed by atoms with Crippen molar-refractivity contribution < 1.29 is 4.79 Å². The topological polar surface area (TPSA) is 44.4 Å². The first-order valence-electron chi connectivity index (χ1n) is 12.1. The first-order chi connectivity index (χ1) is 14.1. The highest BCUT2D eigenvalue weighted by Crippen LogP contribution is 2.47. The average Bonchev–Trinajstić information content (AvgIpc) is 3.12. The van der Waals surface area contributed by atoms with E-state index < -0.39 is 0 Å². The summed E-state index contributed by atoms with van der Waals surface area (Å²) in [5, 5.41) is 6.48. The Hall–Kier alpha value is -1.71. The summed E-state index contributed by atoms with van der Waals surface area (Å²) in [6.45, 7) is 4.75. The van der Waals surface area contributed by atoms with E-state index in [9.17, 15) is 4.79 Å². The Kier molecular flexibility index (Phi) is 6.67. The van der Waals surface area contributed by atoms with Gasteiger partial charge in [-0.1, -0.05) is 45.4 Å². The summed E-state index contributed by atoms with van der Waals surface area (Å²) in [4.78, 5) is 15.2. The van der Waals surface area contributed by atoms with Crippen molar-refractivity contribution in [1.82, 2.24) is 5.32 Å². The summed E-state index contributed by atoms with van der Waals surface area (Å²) in [6, 6.07) is 8.61. The number of amides is 2. The van der Waals surface area contributed by atoms with E-state index in [0.29, 0.717) is 6.04 Å². The van der Waals surface area contributed by atoms with Crippen molar-refractivity contribution in [3.8, 4) is 0 Å². The van der Waals surface area contributed by atoms with Gasteiger partial charge in [-0.25, -0.2) is 4.79 Å². The molecule has 0 aromatic heterocycles. The zero-order chi connectivity index (χ0) is 20.1. The fraction of sp³-hybridized carbons (Fsp3) is 0.720. The van der Waals surface area contributed by atoms with Gasteiger partial charge in [-0.15, -0.1) is 0 Å². The molecular weight excluding hydrogens is 358 g/mol. The molecule has 2 aliphatic carbocycles.